The molecule has 12 aromatic rings. The summed E-state index contributed by atoms with van der Waals surface area (Å²) in [6.45, 7) is 14.8. The molecule has 0 aliphatic heterocycles. The number of hydrogen-bond acceptors (Lipinski definition) is 17. The second-order valence-electron chi connectivity index (χ2n) is 22.1. The smallest absolute Gasteiger partial charge is 0.368 e. The predicted octanol–water partition coefficient (Wildman–Crippen LogP) is 10.6. The summed E-state index contributed by atoms with van der Waals surface area (Å²) in [6, 6.07) is 54.6. The van der Waals surface area contributed by atoms with Crippen LogP contribution < -0.4 is 36.0 Å². The molecule has 0 unspecified atom stereocenters. The molecule has 0 aliphatic carbocycles. The van der Waals surface area contributed by atoms with Crippen LogP contribution in [-0.2, 0) is 60.2 Å². The standard InChI is InChI=1S/C24H22N6O2.C24H25N5O3.C24H25N5O2/c1-4-17-9-7-11-22(30-24(31)29(3)27-28-30)21(17)15-32-23-13-12-19(16(2)26-23)20-10-6-5-8-18(20)14-25;1-5-17-9-8-11-21(29-24(30)28(3)26-27-29)20(17)15-32-23-14-13-18(16(2)25-23)19-10-6-7-12-22(19)31-4;1-5-18-7-6-8-22(29-24(30)28(4)26-27-29)21(18)15-31-23-14-13-20(17(3)25-23)19-11-9-16(2)10-12-19/h5-13H,4,15H2,1-3H3;6-14H,5,15H2,1-4H3;6-14H,5,15H2,1-4H3. The quantitative estimate of drug-likeness (QED) is 0.0729. The Labute approximate surface area is 548 Å². The zero-order chi connectivity index (χ0) is 67.3. The van der Waals surface area contributed by atoms with Crippen molar-refractivity contribution in [2.45, 2.75) is 87.5 Å². The fraction of sp³-hybridized carbons (Fsp3) is 0.236. The Morgan fingerprint density at radius 2 is 0.768 bits per heavy atom. The summed E-state index contributed by atoms with van der Waals surface area (Å²) in [4.78, 5) is 51.0. The largest absolute Gasteiger partial charge is 0.496 e. The van der Waals surface area contributed by atoms with E-state index in [1.165, 1.54) is 33.7 Å². The Kier molecular flexibility index (Phi) is 20.8. The van der Waals surface area contributed by atoms with Crippen LogP contribution >= 0.6 is 0 Å². The van der Waals surface area contributed by atoms with Gasteiger partial charge in [0.2, 0.25) is 17.6 Å². The van der Waals surface area contributed by atoms with Gasteiger partial charge in [-0.3, -0.25) is 0 Å². The molecule has 95 heavy (non-hydrogen) atoms. The summed E-state index contributed by atoms with van der Waals surface area (Å²) in [7, 11) is 6.37. The zero-order valence-corrected chi connectivity index (χ0v) is 54.8. The first-order valence-electron chi connectivity index (χ1n) is 30.9. The highest BCUT2D eigenvalue weighted by Crippen LogP contribution is 2.34. The van der Waals surface area contributed by atoms with Crippen molar-refractivity contribution >= 4 is 0 Å². The molecule has 0 atom stereocenters. The molecule has 482 valence electrons. The van der Waals surface area contributed by atoms with Gasteiger partial charge in [-0.25, -0.2) is 29.3 Å². The van der Waals surface area contributed by atoms with Crippen LogP contribution in [0.15, 0.2) is 178 Å². The molecule has 6 heterocycles. The number of aromatic nitrogens is 15. The molecule has 0 spiro atoms. The van der Waals surface area contributed by atoms with Crippen molar-refractivity contribution in [2.24, 2.45) is 21.1 Å². The van der Waals surface area contributed by atoms with Crippen LogP contribution in [0, 0.1) is 39.0 Å². The molecule has 0 aliphatic rings. The van der Waals surface area contributed by atoms with E-state index in [9.17, 15) is 19.6 Å². The Morgan fingerprint density at radius 1 is 0.400 bits per heavy atom. The summed E-state index contributed by atoms with van der Waals surface area (Å²) in [6.07, 6.45) is 2.37. The second-order valence-corrected chi connectivity index (χ2v) is 22.1. The lowest BCUT2D eigenvalue weighted by atomic mass is 9.99. The Hall–Kier alpha value is -11.9. The van der Waals surface area contributed by atoms with E-state index in [1.54, 1.807) is 40.4 Å². The minimum absolute atomic E-state index is 0.225. The van der Waals surface area contributed by atoms with Gasteiger partial charge in [-0.1, -0.05) is 123 Å². The third-order valence-electron chi connectivity index (χ3n) is 16.1. The van der Waals surface area contributed by atoms with Gasteiger partial charge in [0, 0.05) is 101 Å². The number of aryl methyl sites for hydroxylation is 10. The third kappa shape index (κ3) is 14.7. The molecule has 0 saturated carbocycles. The van der Waals surface area contributed by atoms with Gasteiger partial charge in [0.05, 0.1) is 35.8 Å². The Morgan fingerprint density at radius 3 is 1.13 bits per heavy atom. The summed E-state index contributed by atoms with van der Waals surface area (Å²) < 4.78 is 31.1. The van der Waals surface area contributed by atoms with Gasteiger partial charge < -0.3 is 18.9 Å². The highest BCUT2D eigenvalue weighted by atomic mass is 16.5. The first-order valence-corrected chi connectivity index (χ1v) is 30.9. The summed E-state index contributed by atoms with van der Waals surface area (Å²) in [5.41, 5.74) is 17.1. The number of tetrazole rings is 3. The van der Waals surface area contributed by atoms with Crippen LogP contribution in [0.25, 0.3) is 50.4 Å². The highest BCUT2D eigenvalue weighted by Gasteiger charge is 2.20. The van der Waals surface area contributed by atoms with Crippen LogP contribution in [0.4, 0.5) is 0 Å². The topological polar surface area (TPSA) is 258 Å². The first-order chi connectivity index (χ1) is 46.0. The van der Waals surface area contributed by atoms with E-state index in [-0.39, 0.29) is 36.9 Å². The van der Waals surface area contributed by atoms with Crippen molar-refractivity contribution in [3.05, 3.63) is 257 Å². The van der Waals surface area contributed by atoms with Crippen molar-refractivity contribution in [1.82, 2.24) is 74.3 Å². The second kappa shape index (κ2) is 30.0. The van der Waals surface area contributed by atoms with Gasteiger partial charge in [-0.05, 0) is 149 Å². The molecule has 0 N–H and O–H groups in total. The lowest BCUT2D eigenvalue weighted by Gasteiger charge is -2.15. The fourth-order valence-corrected chi connectivity index (χ4v) is 10.9. The average molecular weight is 1270 g/mol. The molecule has 0 bridgehead atoms. The van der Waals surface area contributed by atoms with Crippen molar-refractivity contribution in [1.29, 1.82) is 5.26 Å². The van der Waals surface area contributed by atoms with Crippen LogP contribution in [0.5, 0.6) is 23.4 Å². The van der Waals surface area contributed by atoms with Crippen molar-refractivity contribution < 1.29 is 18.9 Å². The summed E-state index contributed by atoms with van der Waals surface area (Å²) >= 11 is 0. The molecule has 0 amide bonds. The Balaban J connectivity index is 0.000000155. The number of nitrogens with zero attached hydrogens (tertiary/aromatic N) is 16. The van der Waals surface area contributed by atoms with Gasteiger partial charge in [0.25, 0.3) is 0 Å². The van der Waals surface area contributed by atoms with E-state index in [1.807, 2.05) is 155 Å². The van der Waals surface area contributed by atoms with E-state index >= 15 is 0 Å². The number of pyridine rings is 3. The minimum atomic E-state index is -0.325. The number of methoxy groups -OCH3 is 1. The molecule has 0 radical (unpaired) electrons. The first kappa shape index (κ1) is 66.0. The van der Waals surface area contributed by atoms with Crippen LogP contribution in [-0.4, -0.2) is 81.4 Å². The summed E-state index contributed by atoms with van der Waals surface area (Å²) in [5, 5.41) is 32.8. The number of hydrogen-bond donors (Lipinski definition) is 0. The van der Waals surface area contributed by atoms with Gasteiger partial charge in [-0.2, -0.15) is 33.4 Å². The maximum atomic E-state index is 12.4. The zero-order valence-electron chi connectivity index (χ0n) is 54.8. The molecular weight excluding hydrogens is 1200 g/mol. The highest BCUT2D eigenvalue weighted by molar-refractivity contribution is 5.73. The fourth-order valence-electron chi connectivity index (χ4n) is 10.9. The predicted molar refractivity (Wildman–Crippen MR) is 360 cm³/mol. The van der Waals surface area contributed by atoms with E-state index < -0.39 is 0 Å². The van der Waals surface area contributed by atoms with Crippen molar-refractivity contribution in [2.75, 3.05) is 7.11 Å². The molecule has 0 saturated heterocycles. The van der Waals surface area contributed by atoms with Gasteiger partial charge in [0.1, 0.15) is 25.6 Å². The molecule has 23 nitrogen and oxygen atoms in total. The third-order valence-corrected chi connectivity index (χ3v) is 16.1. The molecule has 23 heteroatoms. The lowest BCUT2D eigenvalue weighted by Crippen LogP contribution is -2.23. The number of ether oxygens (including phenoxy) is 4. The van der Waals surface area contributed by atoms with E-state index in [0.29, 0.717) is 40.3 Å². The van der Waals surface area contributed by atoms with Gasteiger partial charge in [0.15, 0.2) is 0 Å². The van der Waals surface area contributed by atoms with E-state index in [2.05, 4.69) is 97.3 Å². The number of para-hydroxylation sites is 1. The lowest BCUT2D eigenvalue weighted by molar-refractivity contribution is 0.291. The Bertz CT molecular complexity index is 4940. The maximum absolute atomic E-state index is 12.4. The maximum Gasteiger partial charge on any atom is 0.368 e. The molecule has 6 aromatic heterocycles. The number of rotatable bonds is 19. The van der Waals surface area contributed by atoms with Crippen LogP contribution in [0.2, 0.25) is 0 Å². The average Bonchev–Trinajstić information content (AvgIpc) is 1.83. The number of nitriles is 1. The minimum Gasteiger partial charge on any atom is -0.496 e. The van der Waals surface area contributed by atoms with Crippen molar-refractivity contribution in [3.63, 3.8) is 0 Å². The van der Waals surface area contributed by atoms with Crippen LogP contribution in [0.1, 0.15) is 82.4 Å². The molecule has 12 rings (SSSR count). The van der Waals surface area contributed by atoms with E-state index in [0.717, 1.165) is 109 Å². The molecular formula is C72H72N16O7. The summed E-state index contributed by atoms with van der Waals surface area (Å²) in [5.74, 6) is 2.30. The van der Waals surface area contributed by atoms with Gasteiger partial charge in [-0.15, -0.1) is 0 Å². The van der Waals surface area contributed by atoms with Crippen molar-refractivity contribution in [3.8, 4) is 79.9 Å². The van der Waals surface area contributed by atoms with Crippen LogP contribution in [0.3, 0.4) is 0 Å². The normalized spacial score (nSPS) is 10.8. The monoisotopic (exact) mass is 1270 g/mol. The molecule has 0 fully saturated rings. The number of benzene rings is 6. The van der Waals surface area contributed by atoms with Gasteiger partial charge >= 0.3 is 17.1 Å². The molecule has 6 aromatic carbocycles. The van der Waals surface area contributed by atoms with E-state index in [4.69, 9.17) is 18.9 Å². The SMILES string of the molecule is CCc1cccc(-n2nnn(C)c2=O)c1COc1ccc(-c2ccc(C)cc2)c(C)n1.CCc1cccc(-n2nnn(C)c2=O)c1COc1ccc(-c2ccccc2C#N)c(C)n1.CCc1cccc(-n2nnn(C)c2=O)c1COc1ccc(-c2ccccc2OC)c(C)n1.